The average molecular weight is 314 g/mol. The molecule has 5 nitrogen and oxygen atoms in total. The number of carbonyl (C=O) groups excluding carboxylic acids is 1. The van der Waals surface area contributed by atoms with E-state index in [9.17, 15) is 4.79 Å². The third-order valence-corrected chi connectivity index (χ3v) is 3.49. The molecule has 0 aliphatic rings. The molecule has 2 rings (SSSR count). The highest BCUT2D eigenvalue weighted by molar-refractivity contribution is 5.90. The molecule has 0 heterocycles. The lowest BCUT2D eigenvalue weighted by Crippen LogP contribution is -2.32. The second-order valence-corrected chi connectivity index (χ2v) is 5.18. The number of rotatable bonds is 6. The van der Waals surface area contributed by atoms with Crippen molar-refractivity contribution in [3.63, 3.8) is 0 Å². The normalized spacial score (nSPS) is 10.0. The third kappa shape index (κ3) is 4.92. The van der Waals surface area contributed by atoms with E-state index in [1.165, 1.54) is 11.1 Å². The summed E-state index contributed by atoms with van der Waals surface area (Å²) in [5.74, 6) is 1.43. The van der Waals surface area contributed by atoms with E-state index < -0.39 is 0 Å². The number of carbonyl (C=O) groups is 1. The predicted octanol–water partition coefficient (Wildman–Crippen LogP) is 3.51. The summed E-state index contributed by atoms with van der Waals surface area (Å²) in [5, 5.41) is 5.49. The molecule has 5 heteroatoms. The Labute approximate surface area is 136 Å². The van der Waals surface area contributed by atoms with Crippen LogP contribution in [0.25, 0.3) is 0 Å². The zero-order chi connectivity index (χ0) is 16.7. The van der Waals surface area contributed by atoms with Crippen LogP contribution in [-0.2, 0) is 0 Å². The number of urea groups is 1. The van der Waals surface area contributed by atoms with Gasteiger partial charge in [-0.2, -0.15) is 0 Å². The van der Waals surface area contributed by atoms with E-state index in [1.54, 1.807) is 19.2 Å². The molecule has 2 amide bonds. The smallest absolute Gasteiger partial charge is 0.319 e. The summed E-state index contributed by atoms with van der Waals surface area (Å²) in [6, 6.07) is 12.9. The van der Waals surface area contributed by atoms with Gasteiger partial charge in [-0.15, -0.1) is 0 Å². The molecule has 2 aromatic rings. The molecule has 2 N–H and O–H groups in total. The minimum absolute atomic E-state index is 0.293. The maximum absolute atomic E-state index is 11.9. The maximum Gasteiger partial charge on any atom is 0.319 e. The highest BCUT2D eigenvalue weighted by Gasteiger charge is 2.06. The van der Waals surface area contributed by atoms with Crippen molar-refractivity contribution in [3.8, 4) is 11.5 Å². The monoisotopic (exact) mass is 314 g/mol. The Morgan fingerprint density at radius 2 is 1.87 bits per heavy atom. The van der Waals surface area contributed by atoms with Gasteiger partial charge in [0.05, 0.1) is 19.3 Å². The summed E-state index contributed by atoms with van der Waals surface area (Å²) >= 11 is 0. The van der Waals surface area contributed by atoms with E-state index >= 15 is 0 Å². The number of aryl methyl sites for hydroxylation is 2. The summed E-state index contributed by atoms with van der Waals surface area (Å²) in [6.45, 7) is 4.92. The van der Waals surface area contributed by atoms with Crippen molar-refractivity contribution < 1.29 is 14.3 Å². The van der Waals surface area contributed by atoms with Gasteiger partial charge in [0.2, 0.25) is 0 Å². The molecular weight excluding hydrogens is 292 g/mol. The first-order valence-corrected chi connectivity index (χ1v) is 7.48. The van der Waals surface area contributed by atoms with Gasteiger partial charge in [0, 0.05) is 0 Å². The molecule has 0 spiro atoms. The van der Waals surface area contributed by atoms with Gasteiger partial charge in [0.1, 0.15) is 18.1 Å². The molecule has 0 fully saturated rings. The molecule has 0 saturated carbocycles. The highest BCUT2D eigenvalue weighted by atomic mass is 16.5. The Hall–Kier alpha value is -2.69. The van der Waals surface area contributed by atoms with Crippen molar-refractivity contribution >= 4 is 11.7 Å². The zero-order valence-corrected chi connectivity index (χ0v) is 13.7. The first-order valence-electron chi connectivity index (χ1n) is 7.48. The van der Waals surface area contributed by atoms with Crippen LogP contribution in [0.3, 0.4) is 0 Å². The summed E-state index contributed by atoms with van der Waals surface area (Å²) in [7, 11) is 1.57. The van der Waals surface area contributed by atoms with Crippen molar-refractivity contribution in [2.75, 3.05) is 25.6 Å². The lowest BCUT2D eigenvalue weighted by molar-refractivity contribution is 0.247. The van der Waals surface area contributed by atoms with Gasteiger partial charge in [-0.25, -0.2) is 4.79 Å². The van der Waals surface area contributed by atoms with Gasteiger partial charge >= 0.3 is 6.03 Å². The van der Waals surface area contributed by atoms with Gasteiger partial charge in [-0.3, -0.25) is 0 Å². The van der Waals surface area contributed by atoms with Gasteiger partial charge in [-0.05, 0) is 49.2 Å². The molecule has 122 valence electrons. The molecule has 0 radical (unpaired) electrons. The second kappa shape index (κ2) is 8.08. The second-order valence-electron chi connectivity index (χ2n) is 5.18. The van der Waals surface area contributed by atoms with E-state index in [0.29, 0.717) is 24.6 Å². The third-order valence-electron chi connectivity index (χ3n) is 3.49. The number of amides is 2. The fourth-order valence-electron chi connectivity index (χ4n) is 2.05. The Morgan fingerprint density at radius 3 is 2.61 bits per heavy atom. The molecule has 0 saturated heterocycles. The van der Waals surface area contributed by atoms with Crippen LogP contribution >= 0.6 is 0 Å². The van der Waals surface area contributed by atoms with Crippen LogP contribution in [0.4, 0.5) is 10.5 Å². The SMILES string of the molecule is COc1ccccc1NC(=O)NCCOc1ccc(C)c(C)c1. The maximum atomic E-state index is 11.9. The number of anilines is 1. The predicted molar refractivity (Wildman–Crippen MR) is 91.4 cm³/mol. The lowest BCUT2D eigenvalue weighted by Gasteiger charge is -2.12. The minimum Gasteiger partial charge on any atom is -0.495 e. The number of para-hydroxylation sites is 2. The average Bonchev–Trinajstić information content (AvgIpc) is 2.55. The van der Waals surface area contributed by atoms with Gasteiger partial charge in [0.25, 0.3) is 0 Å². The Kier molecular flexibility index (Phi) is 5.86. The van der Waals surface area contributed by atoms with Crippen molar-refractivity contribution in [3.05, 3.63) is 53.6 Å². The number of nitrogens with one attached hydrogen (secondary N) is 2. The van der Waals surface area contributed by atoms with Crippen LogP contribution in [0.15, 0.2) is 42.5 Å². The van der Waals surface area contributed by atoms with Crippen molar-refractivity contribution in [1.82, 2.24) is 5.32 Å². The van der Waals surface area contributed by atoms with Gasteiger partial charge in [0.15, 0.2) is 0 Å². The zero-order valence-electron chi connectivity index (χ0n) is 13.7. The summed E-state index contributed by atoms with van der Waals surface area (Å²) < 4.78 is 10.8. The van der Waals surface area contributed by atoms with E-state index in [-0.39, 0.29) is 6.03 Å². The molecule has 0 bridgehead atoms. The van der Waals surface area contributed by atoms with Crippen molar-refractivity contribution in [1.29, 1.82) is 0 Å². The van der Waals surface area contributed by atoms with E-state index in [1.807, 2.05) is 37.3 Å². The van der Waals surface area contributed by atoms with Crippen molar-refractivity contribution in [2.45, 2.75) is 13.8 Å². The van der Waals surface area contributed by atoms with Crippen molar-refractivity contribution in [2.24, 2.45) is 0 Å². The highest BCUT2D eigenvalue weighted by Crippen LogP contribution is 2.22. The largest absolute Gasteiger partial charge is 0.495 e. The van der Waals surface area contributed by atoms with E-state index in [2.05, 4.69) is 17.6 Å². The first kappa shape index (κ1) is 16.7. The van der Waals surface area contributed by atoms with E-state index in [4.69, 9.17) is 9.47 Å². The van der Waals surface area contributed by atoms with Crippen LogP contribution < -0.4 is 20.1 Å². The summed E-state index contributed by atoms with van der Waals surface area (Å²) in [4.78, 5) is 11.9. The molecule has 2 aromatic carbocycles. The molecule has 0 aliphatic carbocycles. The Bertz CT molecular complexity index is 671. The Balaban J connectivity index is 1.75. The molecular formula is C18H22N2O3. The van der Waals surface area contributed by atoms with E-state index in [0.717, 1.165) is 5.75 Å². The number of benzene rings is 2. The lowest BCUT2D eigenvalue weighted by atomic mass is 10.1. The van der Waals surface area contributed by atoms with Gasteiger partial charge < -0.3 is 20.1 Å². The molecule has 0 aromatic heterocycles. The quantitative estimate of drug-likeness (QED) is 0.802. The van der Waals surface area contributed by atoms with Crippen LogP contribution in [0.5, 0.6) is 11.5 Å². The standard InChI is InChI=1S/C18H22N2O3/c1-13-8-9-15(12-14(13)2)23-11-10-19-18(21)20-16-6-4-5-7-17(16)22-3/h4-9,12H,10-11H2,1-3H3,(H2,19,20,21). The molecule has 0 atom stereocenters. The summed E-state index contributed by atoms with van der Waals surface area (Å²) in [5.41, 5.74) is 3.04. The van der Waals surface area contributed by atoms with Crippen LogP contribution in [0, 0.1) is 13.8 Å². The first-order chi connectivity index (χ1) is 11.1. The van der Waals surface area contributed by atoms with Crippen LogP contribution in [0.1, 0.15) is 11.1 Å². The fourth-order valence-corrected chi connectivity index (χ4v) is 2.05. The molecule has 0 unspecified atom stereocenters. The number of hydrogen-bond acceptors (Lipinski definition) is 3. The van der Waals surface area contributed by atoms with Gasteiger partial charge in [-0.1, -0.05) is 18.2 Å². The fraction of sp³-hybridized carbons (Fsp3) is 0.278. The van der Waals surface area contributed by atoms with Crippen LogP contribution in [-0.4, -0.2) is 26.3 Å². The Morgan fingerprint density at radius 1 is 1.09 bits per heavy atom. The number of ether oxygens (including phenoxy) is 2. The topological polar surface area (TPSA) is 59.6 Å². The van der Waals surface area contributed by atoms with Crippen LogP contribution in [0.2, 0.25) is 0 Å². The molecule has 23 heavy (non-hydrogen) atoms. The minimum atomic E-state index is -0.293. The summed E-state index contributed by atoms with van der Waals surface area (Å²) in [6.07, 6.45) is 0. The number of methoxy groups -OCH3 is 1. The molecule has 0 aliphatic heterocycles. The number of hydrogen-bond donors (Lipinski definition) is 2.